The summed E-state index contributed by atoms with van der Waals surface area (Å²) >= 11 is 12.2. The molecule has 1 aromatic carbocycles. The summed E-state index contributed by atoms with van der Waals surface area (Å²) in [5.74, 6) is -0.603. The van der Waals surface area contributed by atoms with Crippen LogP contribution in [0.4, 0.5) is 0 Å². The molecule has 0 aliphatic carbocycles. The zero-order valence-corrected chi connectivity index (χ0v) is 18.8. The number of aliphatic hydroxyl groups is 1. The van der Waals surface area contributed by atoms with E-state index >= 15 is 0 Å². The first-order valence-corrected chi connectivity index (χ1v) is 10.3. The van der Waals surface area contributed by atoms with Crippen LogP contribution in [0.2, 0.25) is 10.0 Å². The predicted molar refractivity (Wildman–Crippen MR) is 114 cm³/mol. The first-order chi connectivity index (χ1) is 14.0. The van der Waals surface area contributed by atoms with Gasteiger partial charge in [0.2, 0.25) is 11.8 Å². The molecule has 2 unspecified atom stereocenters. The summed E-state index contributed by atoms with van der Waals surface area (Å²) in [7, 11) is 1.51. The number of aliphatic hydroxyl groups excluding tert-OH is 1. The van der Waals surface area contributed by atoms with Gasteiger partial charge in [-0.25, -0.2) is 4.68 Å². The lowest BCUT2D eigenvalue weighted by atomic mass is 9.85. The van der Waals surface area contributed by atoms with Crippen LogP contribution in [0.3, 0.4) is 0 Å². The summed E-state index contributed by atoms with van der Waals surface area (Å²) in [4.78, 5) is 27.2. The van der Waals surface area contributed by atoms with Crippen LogP contribution in [0.25, 0.3) is 11.3 Å². The smallest absolute Gasteiger partial charge is 0.248 e. The van der Waals surface area contributed by atoms with Gasteiger partial charge >= 0.3 is 0 Å². The first kappa shape index (κ1) is 22.5. The van der Waals surface area contributed by atoms with E-state index in [1.807, 2.05) is 20.8 Å². The van der Waals surface area contributed by atoms with Gasteiger partial charge < -0.3 is 15.3 Å². The summed E-state index contributed by atoms with van der Waals surface area (Å²) in [6, 6.07) is 3.60. The van der Waals surface area contributed by atoms with Gasteiger partial charge in [0.1, 0.15) is 17.8 Å². The number of benzene rings is 1. The predicted octanol–water partition coefficient (Wildman–Crippen LogP) is 2.55. The van der Waals surface area contributed by atoms with Crippen molar-refractivity contribution >= 4 is 35.0 Å². The Labute approximate surface area is 185 Å². The van der Waals surface area contributed by atoms with Crippen LogP contribution < -0.4 is 5.32 Å². The first-order valence-electron chi connectivity index (χ1n) is 9.59. The standard InChI is InChI=1S/C20H25Cl2N5O3/c1-20(2,3)17(19(30)26-9-14(28)8-16(26)18(29)23-4)27-10-15(24-25-27)11-5-12(21)7-13(22)6-11/h5-7,10,14,16-17,28H,8-9H2,1-4H3,(H,23,29)/t14?,16?,17-/m1/s1. The van der Waals surface area contributed by atoms with Gasteiger partial charge in [-0.3, -0.25) is 9.59 Å². The van der Waals surface area contributed by atoms with Gasteiger partial charge in [0.15, 0.2) is 0 Å². The van der Waals surface area contributed by atoms with E-state index in [2.05, 4.69) is 15.6 Å². The number of hydrogen-bond acceptors (Lipinski definition) is 5. The summed E-state index contributed by atoms with van der Waals surface area (Å²) in [6.07, 6.45) is 1.11. The van der Waals surface area contributed by atoms with Crippen molar-refractivity contribution in [3.05, 3.63) is 34.4 Å². The van der Waals surface area contributed by atoms with Gasteiger partial charge in [0.25, 0.3) is 0 Å². The Morgan fingerprint density at radius 3 is 2.43 bits per heavy atom. The maximum atomic E-state index is 13.5. The topological polar surface area (TPSA) is 100 Å². The normalized spacial score (nSPS) is 20.3. The number of nitrogens with zero attached hydrogens (tertiary/aromatic N) is 4. The molecule has 162 valence electrons. The third-order valence-corrected chi connectivity index (χ3v) is 5.53. The Kier molecular flexibility index (Phi) is 6.40. The van der Waals surface area contributed by atoms with Crippen LogP contribution in [0.15, 0.2) is 24.4 Å². The molecule has 0 spiro atoms. The van der Waals surface area contributed by atoms with Crippen molar-refractivity contribution in [1.82, 2.24) is 25.2 Å². The van der Waals surface area contributed by atoms with Crippen molar-refractivity contribution in [3.8, 4) is 11.3 Å². The summed E-state index contributed by atoms with van der Waals surface area (Å²) in [5.41, 5.74) is 0.666. The average Bonchev–Trinajstić information content (AvgIpc) is 3.26. The molecule has 2 N–H and O–H groups in total. The minimum absolute atomic E-state index is 0.0922. The van der Waals surface area contributed by atoms with E-state index in [-0.39, 0.29) is 24.8 Å². The van der Waals surface area contributed by atoms with Crippen LogP contribution in [-0.2, 0) is 9.59 Å². The largest absolute Gasteiger partial charge is 0.391 e. The Hall–Kier alpha value is -2.16. The molecule has 1 fully saturated rings. The molecule has 1 aliphatic heterocycles. The summed E-state index contributed by atoms with van der Waals surface area (Å²) < 4.78 is 1.50. The molecule has 0 saturated carbocycles. The molecule has 1 aliphatic rings. The van der Waals surface area contributed by atoms with Crippen LogP contribution in [0.5, 0.6) is 0 Å². The molecule has 3 rings (SSSR count). The minimum Gasteiger partial charge on any atom is -0.391 e. The lowest BCUT2D eigenvalue weighted by Gasteiger charge is -2.34. The SMILES string of the molecule is CNC(=O)C1CC(O)CN1C(=O)[C@@H](n1cc(-c2cc(Cl)cc(Cl)c2)nn1)C(C)(C)C. The highest BCUT2D eigenvalue weighted by Crippen LogP contribution is 2.35. The Morgan fingerprint density at radius 2 is 1.87 bits per heavy atom. The maximum absolute atomic E-state index is 13.5. The summed E-state index contributed by atoms with van der Waals surface area (Å²) in [5, 5.41) is 22.0. The molecule has 2 aromatic rings. The van der Waals surface area contributed by atoms with E-state index < -0.39 is 23.6 Å². The number of carbonyl (C=O) groups is 2. The molecule has 3 atom stereocenters. The second kappa shape index (κ2) is 8.53. The van der Waals surface area contributed by atoms with E-state index in [0.717, 1.165) is 0 Å². The third-order valence-electron chi connectivity index (χ3n) is 5.10. The number of nitrogens with one attached hydrogen (secondary N) is 1. The zero-order chi connectivity index (χ0) is 22.2. The molecule has 10 heteroatoms. The highest BCUT2D eigenvalue weighted by Gasteiger charge is 2.45. The Morgan fingerprint density at radius 1 is 1.23 bits per heavy atom. The fourth-order valence-corrected chi connectivity index (χ4v) is 4.27. The number of amides is 2. The number of rotatable bonds is 4. The van der Waals surface area contributed by atoms with Gasteiger partial charge in [0, 0.05) is 35.6 Å². The number of likely N-dealkylation sites (N-methyl/N-ethyl adjacent to an activating group) is 1. The third kappa shape index (κ3) is 4.61. The monoisotopic (exact) mass is 453 g/mol. The lowest BCUT2D eigenvalue weighted by Crippen LogP contribution is -2.49. The van der Waals surface area contributed by atoms with Crippen molar-refractivity contribution in [2.75, 3.05) is 13.6 Å². The number of aromatic nitrogens is 3. The molecule has 2 amide bonds. The fourth-order valence-electron chi connectivity index (χ4n) is 3.75. The molecule has 0 radical (unpaired) electrons. The fraction of sp³-hybridized carbons (Fsp3) is 0.500. The number of likely N-dealkylation sites (tertiary alicyclic amines) is 1. The van der Waals surface area contributed by atoms with E-state index in [1.165, 1.54) is 16.6 Å². The average molecular weight is 454 g/mol. The van der Waals surface area contributed by atoms with Gasteiger partial charge in [-0.15, -0.1) is 5.10 Å². The van der Waals surface area contributed by atoms with Crippen molar-refractivity contribution < 1.29 is 14.7 Å². The minimum atomic E-state index is -0.753. The molecule has 2 heterocycles. The van der Waals surface area contributed by atoms with E-state index in [0.29, 0.717) is 21.3 Å². The highest BCUT2D eigenvalue weighted by molar-refractivity contribution is 6.35. The van der Waals surface area contributed by atoms with Crippen LogP contribution >= 0.6 is 23.2 Å². The summed E-state index contributed by atoms with van der Waals surface area (Å²) in [6.45, 7) is 5.83. The Balaban J connectivity index is 1.97. The molecule has 1 aromatic heterocycles. The second-order valence-corrected chi connectivity index (χ2v) is 9.39. The van der Waals surface area contributed by atoms with E-state index in [1.54, 1.807) is 24.4 Å². The number of hydrogen-bond donors (Lipinski definition) is 2. The van der Waals surface area contributed by atoms with Crippen molar-refractivity contribution in [1.29, 1.82) is 0 Å². The molecule has 0 bridgehead atoms. The maximum Gasteiger partial charge on any atom is 0.248 e. The highest BCUT2D eigenvalue weighted by atomic mass is 35.5. The number of halogens is 2. The van der Waals surface area contributed by atoms with Crippen molar-refractivity contribution in [3.63, 3.8) is 0 Å². The molecule has 8 nitrogen and oxygen atoms in total. The zero-order valence-electron chi connectivity index (χ0n) is 17.3. The van der Waals surface area contributed by atoms with Crippen molar-refractivity contribution in [2.24, 2.45) is 5.41 Å². The molecular weight excluding hydrogens is 429 g/mol. The van der Waals surface area contributed by atoms with Crippen LogP contribution in [0.1, 0.15) is 33.2 Å². The van der Waals surface area contributed by atoms with E-state index in [4.69, 9.17) is 23.2 Å². The van der Waals surface area contributed by atoms with Gasteiger partial charge in [0.05, 0.1) is 12.3 Å². The van der Waals surface area contributed by atoms with Crippen molar-refractivity contribution in [2.45, 2.75) is 45.4 Å². The lowest BCUT2D eigenvalue weighted by molar-refractivity contribution is -0.144. The number of β-amino-alcohol motifs (C(OH)–C–C–N with tert-alkyl or cyclic N) is 1. The van der Waals surface area contributed by atoms with Gasteiger partial charge in [-0.2, -0.15) is 0 Å². The van der Waals surface area contributed by atoms with Gasteiger partial charge in [-0.05, 0) is 23.6 Å². The van der Waals surface area contributed by atoms with Gasteiger partial charge in [-0.1, -0.05) is 49.2 Å². The molecule has 1 saturated heterocycles. The number of carbonyl (C=O) groups excluding carboxylic acids is 2. The van der Waals surface area contributed by atoms with Crippen LogP contribution in [0, 0.1) is 5.41 Å². The molecular formula is C20H25Cl2N5O3. The second-order valence-electron chi connectivity index (χ2n) is 8.52. The quantitative estimate of drug-likeness (QED) is 0.740. The Bertz CT molecular complexity index is 936. The molecule has 30 heavy (non-hydrogen) atoms. The van der Waals surface area contributed by atoms with E-state index in [9.17, 15) is 14.7 Å². The van der Waals surface area contributed by atoms with Crippen LogP contribution in [-0.4, -0.2) is 62.6 Å².